The highest BCUT2D eigenvalue weighted by Gasteiger charge is 2.20. The van der Waals surface area contributed by atoms with E-state index < -0.39 is 0 Å². The third-order valence-corrected chi connectivity index (χ3v) is 2.33. The first kappa shape index (κ1) is 10.0. The van der Waals surface area contributed by atoms with Crippen molar-refractivity contribution in [3.8, 4) is 0 Å². The molecule has 2 nitrogen and oxygen atoms in total. The summed E-state index contributed by atoms with van der Waals surface area (Å²) in [5.41, 5.74) is 1.75. The number of carbonyl (C=O) groups is 1. The van der Waals surface area contributed by atoms with Crippen LogP contribution in [-0.4, -0.2) is 5.78 Å². The van der Waals surface area contributed by atoms with Crippen molar-refractivity contribution in [3.63, 3.8) is 0 Å². The molecule has 0 fully saturated rings. The first-order valence-electron chi connectivity index (χ1n) is 4.56. The Balaban J connectivity index is 3.21. The minimum Gasteiger partial charge on any atom is -0.466 e. The Morgan fingerprint density at radius 1 is 1.15 bits per heavy atom. The van der Waals surface area contributed by atoms with Crippen LogP contribution in [-0.2, 0) is 0 Å². The Morgan fingerprint density at radius 2 is 1.69 bits per heavy atom. The van der Waals surface area contributed by atoms with Crippen molar-refractivity contribution in [3.05, 3.63) is 22.6 Å². The molecule has 0 saturated carbocycles. The molecule has 0 aliphatic heterocycles. The summed E-state index contributed by atoms with van der Waals surface area (Å²) in [7, 11) is 0. The van der Waals surface area contributed by atoms with Crippen LogP contribution in [0.3, 0.4) is 0 Å². The summed E-state index contributed by atoms with van der Waals surface area (Å²) in [4.78, 5) is 11.7. The monoisotopic (exact) mass is 180 g/mol. The Labute approximate surface area is 78.9 Å². The molecule has 0 aliphatic carbocycles. The highest BCUT2D eigenvalue weighted by Crippen LogP contribution is 2.23. The number of hydrogen-bond acceptors (Lipinski definition) is 2. The summed E-state index contributed by atoms with van der Waals surface area (Å²) in [5, 5.41) is 0. The molecule has 0 unspecified atom stereocenters. The van der Waals surface area contributed by atoms with E-state index in [1.165, 1.54) is 0 Å². The van der Waals surface area contributed by atoms with E-state index in [0.29, 0.717) is 0 Å². The predicted octanol–water partition coefficient (Wildman–Crippen LogP) is 3.04. The molecule has 0 aromatic carbocycles. The van der Waals surface area contributed by atoms with Crippen LogP contribution in [0.1, 0.15) is 41.3 Å². The van der Waals surface area contributed by atoms with Crippen molar-refractivity contribution >= 4 is 5.78 Å². The number of aryl methyl sites for hydroxylation is 2. The van der Waals surface area contributed by atoms with Gasteiger partial charge in [0.1, 0.15) is 11.5 Å². The van der Waals surface area contributed by atoms with Gasteiger partial charge in [0.2, 0.25) is 0 Å². The van der Waals surface area contributed by atoms with E-state index in [-0.39, 0.29) is 11.7 Å². The lowest BCUT2D eigenvalue weighted by atomic mass is 9.98. The lowest BCUT2D eigenvalue weighted by Gasteiger charge is -2.03. The van der Waals surface area contributed by atoms with Crippen molar-refractivity contribution in [2.45, 2.75) is 34.6 Å². The smallest absolute Gasteiger partial charge is 0.169 e. The summed E-state index contributed by atoms with van der Waals surface area (Å²) in [6.07, 6.45) is 0. The molecule has 1 heterocycles. The van der Waals surface area contributed by atoms with Gasteiger partial charge < -0.3 is 4.42 Å². The lowest BCUT2D eigenvalue weighted by Crippen LogP contribution is -2.09. The van der Waals surface area contributed by atoms with Crippen molar-refractivity contribution in [2.75, 3.05) is 0 Å². The van der Waals surface area contributed by atoms with Crippen molar-refractivity contribution in [1.29, 1.82) is 0 Å². The highest BCUT2D eigenvalue weighted by molar-refractivity contribution is 5.99. The number of ketones is 1. The summed E-state index contributed by atoms with van der Waals surface area (Å²) in [5.74, 6) is 1.80. The molecule has 0 saturated heterocycles. The van der Waals surface area contributed by atoms with Crippen LogP contribution in [0.4, 0.5) is 0 Å². The standard InChI is InChI=1S/C11H16O2/c1-6(2)11(12)10-7(3)8(4)13-9(10)5/h6H,1-5H3. The zero-order valence-corrected chi connectivity index (χ0v) is 8.89. The topological polar surface area (TPSA) is 30.2 Å². The third kappa shape index (κ3) is 1.67. The van der Waals surface area contributed by atoms with Crippen LogP contribution in [0.15, 0.2) is 4.42 Å². The van der Waals surface area contributed by atoms with Gasteiger partial charge in [-0.2, -0.15) is 0 Å². The van der Waals surface area contributed by atoms with E-state index in [9.17, 15) is 4.79 Å². The van der Waals surface area contributed by atoms with Gasteiger partial charge in [0, 0.05) is 11.5 Å². The van der Waals surface area contributed by atoms with E-state index >= 15 is 0 Å². The van der Waals surface area contributed by atoms with Gasteiger partial charge in [-0.25, -0.2) is 0 Å². The van der Waals surface area contributed by atoms with Crippen LogP contribution >= 0.6 is 0 Å². The first-order valence-corrected chi connectivity index (χ1v) is 4.56. The SMILES string of the molecule is Cc1oc(C)c(C(=O)C(C)C)c1C. The van der Waals surface area contributed by atoms with Gasteiger partial charge in [-0.05, 0) is 20.8 Å². The van der Waals surface area contributed by atoms with E-state index in [0.717, 1.165) is 22.6 Å². The van der Waals surface area contributed by atoms with Gasteiger partial charge in [-0.15, -0.1) is 0 Å². The maximum Gasteiger partial charge on any atom is 0.169 e. The molecule has 0 aliphatic rings. The number of hydrogen-bond donors (Lipinski definition) is 0. The van der Waals surface area contributed by atoms with Crippen LogP contribution in [0.2, 0.25) is 0 Å². The Hall–Kier alpha value is -1.05. The van der Waals surface area contributed by atoms with Gasteiger partial charge in [0.15, 0.2) is 5.78 Å². The highest BCUT2D eigenvalue weighted by atomic mass is 16.3. The molecule has 0 amide bonds. The Morgan fingerprint density at radius 3 is 2.00 bits per heavy atom. The van der Waals surface area contributed by atoms with Crippen molar-refractivity contribution < 1.29 is 9.21 Å². The summed E-state index contributed by atoms with van der Waals surface area (Å²) < 4.78 is 5.40. The quantitative estimate of drug-likeness (QED) is 0.655. The second-order valence-corrected chi connectivity index (χ2v) is 3.73. The van der Waals surface area contributed by atoms with Gasteiger partial charge in [-0.1, -0.05) is 13.8 Å². The van der Waals surface area contributed by atoms with Gasteiger partial charge in [0.25, 0.3) is 0 Å². The van der Waals surface area contributed by atoms with Gasteiger partial charge >= 0.3 is 0 Å². The fourth-order valence-electron chi connectivity index (χ4n) is 1.44. The lowest BCUT2D eigenvalue weighted by molar-refractivity contribution is 0.0937. The van der Waals surface area contributed by atoms with Crippen molar-refractivity contribution in [2.24, 2.45) is 5.92 Å². The normalized spacial score (nSPS) is 10.9. The molecular weight excluding hydrogens is 164 g/mol. The third-order valence-electron chi connectivity index (χ3n) is 2.33. The molecule has 0 atom stereocenters. The molecule has 1 aromatic heterocycles. The molecule has 1 rings (SSSR count). The number of Topliss-reactive ketones (excluding diaryl/α,β-unsaturated/α-hetero) is 1. The van der Waals surface area contributed by atoms with Crippen LogP contribution < -0.4 is 0 Å². The van der Waals surface area contributed by atoms with Crippen LogP contribution in [0.5, 0.6) is 0 Å². The van der Waals surface area contributed by atoms with Crippen molar-refractivity contribution in [1.82, 2.24) is 0 Å². The molecule has 1 aromatic rings. The second-order valence-electron chi connectivity index (χ2n) is 3.73. The van der Waals surface area contributed by atoms with Gasteiger partial charge in [0.05, 0.1) is 5.56 Å². The molecule has 13 heavy (non-hydrogen) atoms. The first-order chi connectivity index (χ1) is 5.95. The molecule has 0 bridgehead atoms. The molecular formula is C11H16O2. The zero-order valence-electron chi connectivity index (χ0n) is 8.89. The number of rotatable bonds is 2. The maximum absolute atomic E-state index is 11.7. The molecule has 2 heteroatoms. The van der Waals surface area contributed by atoms with E-state index in [1.54, 1.807) is 0 Å². The van der Waals surface area contributed by atoms with E-state index in [2.05, 4.69) is 0 Å². The fourth-order valence-corrected chi connectivity index (χ4v) is 1.44. The summed E-state index contributed by atoms with van der Waals surface area (Å²) in [6.45, 7) is 9.48. The summed E-state index contributed by atoms with van der Waals surface area (Å²) >= 11 is 0. The molecule has 0 radical (unpaired) electrons. The average Bonchev–Trinajstić information content (AvgIpc) is 2.26. The Bertz CT molecular complexity index is 332. The predicted molar refractivity (Wildman–Crippen MR) is 52.1 cm³/mol. The van der Waals surface area contributed by atoms with E-state index in [1.807, 2.05) is 34.6 Å². The van der Waals surface area contributed by atoms with Crippen LogP contribution in [0, 0.1) is 26.7 Å². The summed E-state index contributed by atoms with van der Waals surface area (Å²) in [6, 6.07) is 0. The molecule has 72 valence electrons. The van der Waals surface area contributed by atoms with Crippen LogP contribution in [0.25, 0.3) is 0 Å². The van der Waals surface area contributed by atoms with Gasteiger partial charge in [-0.3, -0.25) is 4.79 Å². The minimum absolute atomic E-state index is 0.0365. The minimum atomic E-state index is 0.0365. The Kier molecular flexibility index (Phi) is 2.60. The molecule has 0 N–H and O–H groups in total. The number of carbonyl (C=O) groups excluding carboxylic acids is 1. The molecule has 0 spiro atoms. The largest absolute Gasteiger partial charge is 0.466 e. The fraction of sp³-hybridized carbons (Fsp3) is 0.545. The average molecular weight is 180 g/mol. The maximum atomic E-state index is 11.7. The second kappa shape index (κ2) is 3.36. The number of furan rings is 1. The van der Waals surface area contributed by atoms with E-state index in [4.69, 9.17) is 4.42 Å². The zero-order chi connectivity index (χ0) is 10.2.